The molecule has 0 aromatic heterocycles. The number of ether oxygens (including phenoxy) is 1. The van der Waals surface area contributed by atoms with Gasteiger partial charge in [-0.3, -0.25) is 4.99 Å². The number of aliphatic imine (C=N–C) groups is 1. The Morgan fingerprint density at radius 1 is 1.50 bits per heavy atom. The van der Waals surface area contributed by atoms with Crippen molar-refractivity contribution in [3.63, 3.8) is 0 Å². The first-order valence-corrected chi connectivity index (χ1v) is 9.11. The normalized spacial score (nSPS) is 25.0. The van der Waals surface area contributed by atoms with Gasteiger partial charge in [-0.1, -0.05) is 0 Å². The number of halogens is 1. The van der Waals surface area contributed by atoms with Gasteiger partial charge >= 0.3 is 0 Å². The third kappa shape index (κ3) is 5.50. The van der Waals surface area contributed by atoms with Gasteiger partial charge in [-0.15, -0.1) is 24.0 Å². The van der Waals surface area contributed by atoms with Gasteiger partial charge < -0.3 is 15.0 Å². The maximum atomic E-state index is 11.7. The van der Waals surface area contributed by atoms with Crippen LogP contribution >= 0.6 is 24.0 Å². The first-order valence-electron chi connectivity index (χ1n) is 7.50. The van der Waals surface area contributed by atoms with Gasteiger partial charge in [0.2, 0.25) is 10.0 Å². The van der Waals surface area contributed by atoms with Gasteiger partial charge in [-0.05, 0) is 12.8 Å². The van der Waals surface area contributed by atoms with Gasteiger partial charge in [-0.2, -0.15) is 0 Å². The summed E-state index contributed by atoms with van der Waals surface area (Å²) in [7, 11) is 0.740. The van der Waals surface area contributed by atoms with Crippen LogP contribution in [-0.2, 0) is 14.8 Å². The second-order valence-electron chi connectivity index (χ2n) is 5.65. The van der Waals surface area contributed by atoms with Crippen LogP contribution in [0.25, 0.3) is 0 Å². The lowest BCUT2D eigenvalue weighted by atomic mass is 10.1. The maximum absolute atomic E-state index is 11.7. The molecule has 0 bridgehead atoms. The summed E-state index contributed by atoms with van der Waals surface area (Å²) in [6.07, 6.45) is 1.83. The van der Waals surface area contributed by atoms with E-state index >= 15 is 0 Å². The molecule has 22 heavy (non-hydrogen) atoms. The van der Waals surface area contributed by atoms with Crippen LogP contribution in [0.4, 0.5) is 0 Å². The Morgan fingerprint density at radius 2 is 2.27 bits per heavy atom. The molecule has 2 aliphatic rings. The monoisotopic (exact) mass is 446 g/mol. The van der Waals surface area contributed by atoms with Crippen LogP contribution in [0.1, 0.15) is 12.8 Å². The fraction of sp³-hybridized carbons (Fsp3) is 0.923. The van der Waals surface area contributed by atoms with Crippen molar-refractivity contribution >= 4 is 40.0 Å². The topological polar surface area (TPSA) is 74.2 Å². The van der Waals surface area contributed by atoms with Crippen molar-refractivity contribution in [3.05, 3.63) is 0 Å². The average Bonchev–Trinajstić information content (AvgIpc) is 3.04. The molecule has 0 amide bonds. The van der Waals surface area contributed by atoms with Gasteiger partial charge in [0.25, 0.3) is 0 Å². The van der Waals surface area contributed by atoms with Gasteiger partial charge in [0.1, 0.15) is 0 Å². The van der Waals surface area contributed by atoms with E-state index in [2.05, 4.69) is 15.2 Å². The minimum Gasteiger partial charge on any atom is -0.381 e. The molecule has 0 aliphatic carbocycles. The molecule has 0 aromatic rings. The average molecular weight is 446 g/mol. The van der Waals surface area contributed by atoms with Crippen LogP contribution in [0, 0.1) is 5.92 Å². The van der Waals surface area contributed by atoms with Crippen LogP contribution in [0.15, 0.2) is 4.99 Å². The van der Waals surface area contributed by atoms with Crippen molar-refractivity contribution in [2.75, 3.05) is 59.2 Å². The fourth-order valence-corrected chi connectivity index (χ4v) is 4.35. The summed E-state index contributed by atoms with van der Waals surface area (Å²) >= 11 is 0. The Labute approximate surface area is 150 Å². The summed E-state index contributed by atoms with van der Waals surface area (Å²) in [5.41, 5.74) is 0. The Balaban J connectivity index is 0.00000242. The predicted molar refractivity (Wildman–Crippen MR) is 98.3 cm³/mol. The molecule has 2 fully saturated rings. The number of nitrogens with one attached hydrogen (secondary N) is 1. The molecule has 0 radical (unpaired) electrons. The zero-order valence-corrected chi connectivity index (χ0v) is 16.5. The maximum Gasteiger partial charge on any atom is 0.214 e. The van der Waals surface area contributed by atoms with E-state index in [4.69, 9.17) is 4.74 Å². The summed E-state index contributed by atoms with van der Waals surface area (Å²) in [4.78, 5) is 6.33. The Kier molecular flexibility index (Phi) is 8.36. The summed E-state index contributed by atoms with van der Waals surface area (Å²) in [6, 6.07) is 0. The number of rotatable bonds is 5. The van der Waals surface area contributed by atoms with E-state index in [0.717, 1.165) is 38.6 Å². The number of hydrogen-bond donors (Lipinski definition) is 1. The zero-order valence-electron chi connectivity index (χ0n) is 13.3. The summed E-state index contributed by atoms with van der Waals surface area (Å²) in [5.74, 6) is 1.63. The van der Waals surface area contributed by atoms with Crippen molar-refractivity contribution in [1.29, 1.82) is 0 Å². The molecule has 1 atom stereocenters. The van der Waals surface area contributed by atoms with Gasteiger partial charge in [0.05, 0.1) is 12.4 Å². The van der Waals surface area contributed by atoms with Gasteiger partial charge in [-0.25, -0.2) is 12.7 Å². The third-order valence-electron chi connectivity index (χ3n) is 3.98. The highest BCUT2D eigenvalue weighted by Gasteiger charge is 2.27. The van der Waals surface area contributed by atoms with Crippen LogP contribution in [-0.4, -0.2) is 82.8 Å². The molecule has 0 aromatic carbocycles. The SMILES string of the molecule is CN=C(NCCN1CCCS1(=O)=O)N(C)CC1CCOC1.I. The number of nitrogens with zero attached hydrogens (tertiary/aromatic N) is 3. The molecule has 7 nitrogen and oxygen atoms in total. The van der Waals surface area contributed by atoms with E-state index < -0.39 is 10.0 Å². The van der Waals surface area contributed by atoms with Crippen LogP contribution < -0.4 is 5.32 Å². The molecule has 2 rings (SSSR count). The zero-order chi connectivity index (χ0) is 15.3. The molecule has 0 saturated carbocycles. The lowest BCUT2D eigenvalue weighted by Crippen LogP contribution is -2.44. The first-order chi connectivity index (χ1) is 10.0. The van der Waals surface area contributed by atoms with Crippen molar-refractivity contribution in [3.8, 4) is 0 Å². The van der Waals surface area contributed by atoms with Crippen LogP contribution in [0.2, 0.25) is 0 Å². The van der Waals surface area contributed by atoms with E-state index in [1.807, 2.05) is 7.05 Å². The third-order valence-corrected chi connectivity index (χ3v) is 5.93. The van der Waals surface area contributed by atoms with E-state index in [0.29, 0.717) is 25.6 Å². The van der Waals surface area contributed by atoms with Gasteiger partial charge in [0.15, 0.2) is 5.96 Å². The highest BCUT2D eigenvalue weighted by atomic mass is 127. The number of hydrogen-bond acceptors (Lipinski definition) is 4. The highest BCUT2D eigenvalue weighted by Crippen LogP contribution is 2.13. The fourth-order valence-electron chi connectivity index (χ4n) is 2.82. The van der Waals surface area contributed by atoms with E-state index in [1.54, 1.807) is 11.4 Å². The molecule has 1 N–H and O–H groups in total. The molecule has 1 unspecified atom stereocenters. The van der Waals surface area contributed by atoms with Gasteiger partial charge in [0, 0.05) is 52.8 Å². The largest absolute Gasteiger partial charge is 0.381 e. The van der Waals surface area contributed by atoms with Crippen molar-refractivity contribution < 1.29 is 13.2 Å². The minimum absolute atomic E-state index is 0. The van der Waals surface area contributed by atoms with Crippen LogP contribution in [0.3, 0.4) is 0 Å². The van der Waals surface area contributed by atoms with Crippen LogP contribution in [0.5, 0.6) is 0 Å². The number of sulfonamides is 1. The lowest BCUT2D eigenvalue weighted by molar-refractivity contribution is 0.181. The van der Waals surface area contributed by atoms with E-state index in [9.17, 15) is 8.42 Å². The minimum atomic E-state index is -3.01. The predicted octanol–water partition coefficient (Wildman–Crippen LogP) is 0.184. The summed E-state index contributed by atoms with van der Waals surface area (Å²) in [5, 5.41) is 3.24. The quantitative estimate of drug-likeness (QED) is 0.371. The molecule has 2 heterocycles. The Bertz CT molecular complexity index is 466. The van der Waals surface area contributed by atoms with Crippen molar-refractivity contribution in [2.45, 2.75) is 12.8 Å². The number of guanidine groups is 1. The molecule has 2 aliphatic heterocycles. The first kappa shape index (κ1) is 19.9. The Hall–Kier alpha value is -0.130. The molecule has 2 saturated heterocycles. The molecular formula is C13H27IN4O3S. The second-order valence-corrected chi connectivity index (χ2v) is 7.74. The smallest absolute Gasteiger partial charge is 0.214 e. The summed E-state index contributed by atoms with van der Waals surface area (Å²) in [6.45, 7) is 4.28. The highest BCUT2D eigenvalue weighted by molar-refractivity contribution is 14.0. The van der Waals surface area contributed by atoms with E-state index in [-0.39, 0.29) is 29.7 Å². The Morgan fingerprint density at radius 3 is 2.82 bits per heavy atom. The molecular weight excluding hydrogens is 419 g/mol. The molecule has 0 spiro atoms. The molecule has 9 heteroatoms. The lowest BCUT2D eigenvalue weighted by Gasteiger charge is -2.25. The second kappa shape index (κ2) is 9.24. The molecule has 130 valence electrons. The standard InChI is InChI=1S/C13H26N4O3S.HI/c1-14-13(16(2)10-12-4-8-20-11-12)15-5-7-17-6-3-9-21(17,18)19;/h12H,3-11H2,1-2H3,(H,14,15);1H. The summed E-state index contributed by atoms with van der Waals surface area (Å²) < 4.78 is 30.4. The van der Waals surface area contributed by atoms with Crippen molar-refractivity contribution in [1.82, 2.24) is 14.5 Å². The van der Waals surface area contributed by atoms with Crippen molar-refractivity contribution in [2.24, 2.45) is 10.9 Å². The van der Waals surface area contributed by atoms with E-state index in [1.165, 1.54) is 0 Å².